The van der Waals surface area contributed by atoms with Gasteiger partial charge in [0.2, 0.25) is 5.91 Å². The van der Waals surface area contributed by atoms with Crippen LogP contribution in [0.4, 0.5) is 0 Å². The zero-order valence-corrected chi connectivity index (χ0v) is 10.3. The fourth-order valence-corrected chi connectivity index (χ4v) is 1.47. The second-order valence-electron chi connectivity index (χ2n) is 4.57. The van der Waals surface area contributed by atoms with Crippen molar-refractivity contribution >= 4 is 5.91 Å². The van der Waals surface area contributed by atoms with Gasteiger partial charge in [-0.05, 0) is 33.7 Å². The lowest BCUT2D eigenvalue weighted by molar-refractivity contribution is -0.123. The zero-order valence-electron chi connectivity index (χ0n) is 10.3. The molecular weight excluding hydrogens is 192 g/mol. The molecule has 0 fully saturated rings. The molecule has 4 nitrogen and oxygen atoms in total. The maximum absolute atomic E-state index is 11.6. The summed E-state index contributed by atoms with van der Waals surface area (Å²) in [5.41, 5.74) is -0.322. The fraction of sp³-hybridized carbons (Fsp3) is 0.909. The number of nitrogens with one attached hydrogen (secondary N) is 2. The number of carbonyl (C=O) groups is 1. The van der Waals surface area contributed by atoms with Crippen molar-refractivity contribution in [3.63, 3.8) is 0 Å². The largest absolute Gasteiger partial charge is 0.396 e. The molecule has 0 saturated carbocycles. The average Bonchev–Trinajstić information content (AvgIpc) is 2.01. The van der Waals surface area contributed by atoms with E-state index in [1.54, 1.807) is 0 Å². The van der Waals surface area contributed by atoms with Gasteiger partial charge in [-0.3, -0.25) is 4.79 Å². The summed E-state index contributed by atoms with van der Waals surface area (Å²) in [6.07, 6.45) is 1.05. The minimum absolute atomic E-state index is 0.0295. The van der Waals surface area contributed by atoms with E-state index in [-0.39, 0.29) is 24.1 Å². The van der Waals surface area contributed by atoms with Crippen LogP contribution in [0.25, 0.3) is 0 Å². The van der Waals surface area contributed by atoms with Gasteiger partial charge in [-0.25, -0.2) is 0 Å². The molecule has 0 saturated heterocycles. The highest BCUT2D eigenvalue weighted by Crippen LogP contribution is 2.07. The Bertz CT molecular complexity index is 193. The summed E-state index contributed by atoms with van der Waals surface area (Å²) < 4.78 is 0. The Morgan fingerprint density at radius 2 is 2.07 bits per heavy atom. The third-order valence-electron chi connectivity index (χ3n) is 2.26. The molecule has 4 heteroatoms. The highest BCUT2D eigenvalue weighted by Gasteiger charge is 2.20. The average molecular weight is 216 g/mol. The van der Waals surface area contributed by atoms with Crippen molar-refractivity contribution in [2.75, 3.05) is 13.2 Å². The quantitative estimate of drug-likeness (QED) is 0.585. The van der Waals surface area contributed by atoms with E-state index in [4.69, 9.17) is 5.11 Å². The van der Waals surface area contributed by atoms with Crippen LogP contribution in [0, 0.1) is 0 Å². The molecule has 90 valence electrons. The standard InChI is InChI=1S/C11H24N2O2/c1-5-12-9(2)8-10(15)13-11(3,4)6-7-14/h9,12,14H,5-8H2,1-4H3,(H,13,15). The lowest BCUT2D eigenvalue weighted by atomic mass is 10.0. The van der Waals surface area contributed by atoms with Crippen LogP contribution in [0.5, 0.6) is 0 Å². The van der Waals surface area contributed by atoms with Crippen molar-refractivity contribution in [1.82, 2.24) is 10.6 Å². The molecule has 0 bridgehead atoms. The van der Waals surface area contributed by atoms with Crippen molar-refractivity contribution in [2.24, 2.45) is 0 Å². The van der Waals surface area contributed by atoms with Gasteiger partial charge in [-0.1, -0.05) is 6.92 Å². The second-order valence-corrected chi connectivity index (χ2v) is 4.57. The van der Waals surface area contributed by atoms with Crippen LogP contribution >= 0.6 is 0 Å². The van der Waals surface area contributed by atoms with Crippen LogP contribution < -0.4 is 10.6 Å². The highest BCUT2D eigenvalue weighted by molar-refractivity contribution is 5.77. The smallest absolute Gasteiger partial charge is 0.221 e. The van der Waals surface area contributed by atoms with Gasteiger partial charge in [0.1, 0.15) is 0 Å². The van der Waals surface area contributed by atoms with Crippen molar-refractivity contribution in [1.29, 1.82) is 0 Å². The molecule has 0 aliphatic rings. The first-order valence-corrected chi connectivity index (χ1v) is 5.56. The normalized spacial score (nSPS) is 13.7. The molecule has 0 rings (SSSR count). The van der Waals surface area contributed by atoms with Gasteiger partial charge >= 0.3 is 0 Å². The van der Waals surface area contributed by atoms with Crippen LogP contribution in [-0.2, 0) is 4.79 Å². The minimum Gasteiger partial charge on any atom is -0.396 e. The summed E-state index contributed by atoms with van der Waals surface area (Å²) in [7, 11) is 0. The van der Waals surface area contributed by atoms with E-state index < -0.39 is 0 Å². The molecule has 0 radical (unpaired) electrons. The first kappa shape index (κ1) is 14.4. The maximum Gasteiger partial charge on any atom is 0.221 e. The van der Waals surface area contributed by atoms with Gasteiger partial charge in [0, 0.05) is 24.6 Å². The SMILES string of the molecule is CCNC(C)CC(=O)NC(C)(C)CCO. The molecule has 0 heterocycles. The predicted octanol–water partition coefficient (Wildman–Crippen LogP) is 0.652. The molecule has 0 aliphatic heterocycles. The van der Waals surface area contributed by atoms with Gasteiger partial charge in [0.15, 0.2) is 0 Å². The van der Waals surface area contributed by atoms with E-state index in [2.05, 4.69) is 10.6 Å². The van der Waals surface area contributed by atoms with Crippen LogP contribution in [0.1, 0.15) is 40.5 Å². The van der Waals surface area contributed by atoms with Gasteiger partial charge in [0.25, 0.3) is 0 Å². The number of rotatable bonds is 7. The van der Waals surface area contributed by atoms with E-state index in [1.165, 1.54) is 0 Å². The van der Waals surface area contributed by atoms with E-state index in [0.29, 0.717) is 12.8 Å². The van der Waals surface area contributed by atoms with Gasteiger partial charge in [-0.2, -0.15) is 0 Å². The Labute approximate surface area is 92.4 Å². The molecule has 1 amide bonds. The Morgan fingerprint density at radius 1 is 1.47 bits per heavy atom. The van der Waals surface area contributed by atoms with Gasteiger partial charge in [0.05, 0.1) is 0 Å². The van der Waals surface area contributed by atoms with Gasteiger partial charge in [-0.15, -0.1) is 0 Å². The van der Waals surface area contributed by atoms with E-state index in [1.807, 2.05) is 27.7 Å². The molecule has 1 atom stereocenters. The summed E-state index contributed by atoms with van der Waals surface area (Å²) in [6, 6.07) is 0.194. The van der Waals surface area contributed by atoms with Crippen molar-refractivity contribution in [3.05, 3.63) is 0 Å². The highest BCUT2D eigenvalue weighted by atomic mass is 16.3. The van der Waals surface area contributed by atoms with E-state index in [9.17, 15) is 4.79 Å². The number of amides is 1. The number of hydrogen-bond acceptors (Lipinski definition) is 3. The summed E-state index contributed by atoms with van der Waals surface area (Å²) in [4.78, 5) is 11.6. The number of hydrogen-bond donors (Lipinski definition) is 3. The molecule has 0 aromatic rings. The lowest BCUT2D eigenvalue weighted by Gasteiger charge is -2.26. The molecule has 0 aliphatic carbocycles. The fourth-order valence-electron chi connectivity index (χ4n) is 1.47. The molecule has 3 N–H and O–H groups in total. The van der Waals surface area contributed by atoms with Crippen molar-refractivity contribution in [2.45, 2.75) is 52.1 Å². The van der Waals surface area contributed by atoms with Gasteiger partial charge < -0.3 is 15.7 Å². The van der Waals surface area contributed by atoms with E-state index >= 15 is 0 Å². The topological polar surface area (TPSA) is 61.4 Å². The van der Waals surface area contributed by atoms with E-state index in [0.717, 1.165) is 6.54 Å². The number of aliphatic hydroxyl groups excluding tert-OH is 1. The molecule has 15 heavy (non-hydrogen) atoms. The summed E-state index contributed by atoms with van der Waals surface area (Å²) in [6.45, 7) is 8.80. The third-order valence-corrected chi connectivity index (χ3v) is 2.26. The molecule has 0 spiro atoms. The predicted molar refractivity (Wildman–Crippen MR) is 61.7 cm³/mol. The van der Waals surface area contributed by atoms with Crippen LogP contribution in [0.15, 0.2) is 0 Å². The Kier molecular flexibility index (Phi) is 6.52. The Balaban J connectivity index is 3.91. The number of carbonyl (C=O) groups excluding carboxylic acids is 1. The lowest BCUT2D eigenvalue weighted by Crippen LogP contribution is -2.46. The number of aliphatic hydroxyl groups is 1. The Morgan fingerprint density at radius 3 is 2.53 bits per heavy atom. The Hall–Kier alpha value is -0.610. The summed E-state index contributed by atoms with van der Waals surface area (Å²) in [5, 5.41) is 14.9. The molecule has 1 unspecified atom stereocenters. The zero-order chi connectivity index (χ0) is 11.9. The first-order chi connectivity index (χ1) is 6.91. The third kappa shape index (κ3) is 7.33. The van der Waals surface area contributed by atoms with Crippen LogP contribution in [-0.4, -0.2) is 35.7 Å². The first-order valence-electron chi connectivity index (χ1n) is 5.56. The van der Waals surface area contributed by atoms with Crippen molar-refractivity contribution in [3.8, 4) is 0 Å². The monoisotopic (exact) mass is 216 g/mol. The summed E-state index contributed by atoms with van der Waals surface area (Å²) in [5.74, 6) is 0.0295. The van der Waals surface area contributed by atoms with Crippen LogP contribution in [0.3, 0.4) is 0 Å². The summed E-state index contributed by atoms with van der Waals surface area (Å²) >= 11 is 0. The second kappa shape index (κ2) is 6.80. The molecule has 0 aromatic heterocycles. The maximum atomic E-state index is 11.6. The minimum atomic E-state index is -0.322. The molecule has 0 aromatic carbocycles. The van der Waals surface area contributed by atoms with Crippen LogP contribution in [0.2, 0.25) is 0 Å². The molecular formula is C11H24N2O2. The van der Waals surface area contributed by atoms with Crippen molar-refractivity contribution < 1.29 is 9.90 Å².